The quantitative estimate of drug-likeness (QED) is 0.912. The van der Waals surface area contributed by atoms with Crippen LogP contribution >= 0.6 is 0 Å². The van der Waals surface area contributed by atoms with Gasteiger partial charge in [-0.25, -0.2) is 0 Å². The summed E-state index contributed by atoms with van der Waals surface area (Å²) in [5.41, 5.74) is 2.02. The third-order valence-electron chi connectivity index (χ3n) is 2.98. The molecule has 1 N–H and O–H groups in total. The molecule has 0 unspecified atom stereocenters. The first kappa shape index (κ1) is 13.1. The topological polar surface area (TPSA) is 40.5 Å². The van der Waals surface area contributed by atoms with Crippen LogP contribution in [0.15, 0.2) is 54.6 Å². The van der Waals surface area contributed by atoms with Crippen molar-refractivity contribution < 1.29 is 9.90 Å². The Morgan fingerprint density at radius 3 is 2.26 bits per heavy atom. The van der Waals surface area contributed by atoms with Gasteiger partial charge < -0.3 is 10.0 Å². The van der Waals surface area contributed by atoms with Crippen LogP contribution in [0.25, 0.3) is 0 Å². The van der Waals surface area contributed by atoms with Crippen LogP contribution in [0.2, 0.25) is 0 Å². The predicted octanol–water partition coefficient (Wildman–Crippen LogP) is 2.59. The molecule has 0 radical (unpaired) electrons. The summed E-state index contributed by atoms with van der Waals surface area (Å²) in [4.78, 5) is 13.8. The molecule has 0 aromatic heterocycles. The van der Waals surface area contributed by atoms with E-state index in [1.807, 2.05) is 42.5 Å². The minimum Gasteiger partial charge on any atom is -0.508 e. The van der Waals surface area contributed by atoms with E-state index in [-0.39, 0.29) is 11.7 Å². The van der Waals surface area contributed by atoms with Gasteiger partial charge in [0, 0.05) is 13.6 Å². The molecule has 3 heteroatoms. The maximum atomic E-state index is 12.1. The van der Waals surface area contributed by atoms with Gasteiger partial charge in [-0.2, -0.15) is 0 Å². The number of carbonyl (C=O) groups is 1. The van der Waals surface area contributed by atoms with Gasteiger partial charge in [0.1, 0.15) is 5.75 Å². The van der Waals surface area contributed by atoms with Crippen molar-refractivity contribution in [3.63, 3.8) is 0 Å². The molecule has 2 aromatic carbocycles. The Kier molecular flexibility index (Phi) is 4.18. The van der Waals surface area contributed by atoms with Gasteiger partial charge >= 0.3 is 0 Å². The molecule has 0 aliphatic carbocycles. The maximum Gasteiger partial charge on any atom is 0.227 e. The zero-order chi connectivity index (χ0) is 13.7. The lowest BCUT2D eigenvalue weighted by atomic mass is 10.1. The van der Waals surface area contributed by atoms with Crippen molar-refractivity contribution in [1.82, 2.24) is 4.90 Å². The number of aromatic hydroxyl groups is 1. The fourth-order valence-electron chi connectivity index (χ4n) is 1.87. The molecule has 0 spiro atoms. The zero-order valence-corrected chi connectivity index (χ0v) is 10.9. The molecule has 0 saturated carbocycles. The Morgan fingerprint density at radius 1 is 1.00 bits per heavy atom. The molecule has 0 aliphatic heterocycles. The van der Waals surface area contributed by atoms with Gasteiger partial charge in [0.15, 0.2) is 0 Å². The van der Waals surface area contributed by atoms with E-state index >= 15 is 0 Å². The van der Waals surface area contributed by atoms with Crippen molar-refractivity contribution >= 4 is 5.91 Å². The first-order chi connectivity index (χ1) is 9.15. The molecule has 1 amide bonds. The molecule has 98 valence electrons. The van der Waals surface area contributed by atoms with Gasteiger partial charge in [0.05, 0.1) is 6.42 Å². The second-order valence-electron chi connectivity index (χ2n) is 4.58. The van der Waals surface area contributed by atoms with E-state index in [1.165, 1.54) is 0 Å². The minimum atomic E-state index is 0.0827. The van der Waals surface area contributed by atoms with Gasteiger partial charge in [-0.05, 0) is 23.3 Å². The summed E-state index contributed by atoms with van der Waals surface area (Å²) in [7, 11) is 1.79. The van der Waals surface area contributed by atoms with Crippen LogP contribution in [0, 0.1) is 0 Å². The summed E-state index contributed by atoms with van der Waals surface area (Å²) in [6.07, 6.45) is 0.412. The molecule has 2 aromatic rings. The van der Waals surface area contributed by atoms with Crippen LogP contribution in [0.3, 0.4) is 0 Å². The Labute approximate surface area is 113 Å². The third kappa shape index (κ3) is 3.85. The van der Waals surface area contributed by atoms with Crippen molar-refractivity contribution in [2.45, 2.75) is 13.0 Å². The molecule has 0 fully saturated rings. The smallest absolute Gasteiger partial charge is 0.227 e. The number of carbonyl (C=O) groups excluding carboxylic acids is 1. The summed E-state index contributed by atoms with van der Waals surface area (Å²) in [6, 6.07) is 16.6. The van der Waals surface area contributed by atoms with E-state index in [0.29, 0.717) is 13.0 Å². The number of hydrogen-bond acceptors (Lipinski definition) is 2. The number of likely N-dealkylation sites (N-methyl/N-ethyl adjacent to an activating group) is 1. The molecule has 2 rings (SSSR count). The van der Waals surface area contributed by atoms with E-state index in [2.05, 4.69) is 0 Å². The van der Waals surface area contributed by atoms with Crippen LogP contribution in [0.4, 0.5) is 0 Å². The van der Waals surface area contributed by atoms with Crippen LogP contribution in [-0.4, -0.2) is 23.0 Å². The number of phenols is 1. The summed E-state index contributed by atoms with van der Waals surface area (Å²) >= 11 is 0. The molecule has 0 bridgehead atoms. The van der Waals surface area contributed by atoms with Gasteiger partial charge in [0.2, 0.25) is 5.91 Å². The Hall–Kier alpha value is -2.29. The van der Waals surface area contributed by atoms with Gasteiger partial charge in [-0.1, -0.05) is 42.5 Å². The van der Waals surface area contributed by atoms with Crippen LogP contribution in [0.1, 0.15) is 11.1 Å². The lowest BCUT2D eigenvalue weighted by Crippen LogP contribution is -2.27. The molecule has 19 heavy (non-hydrogen) atoms. The van der Waals surface area contributed by atoms with Crippen LogP contribution in [-0.2, 0) is 17.8 Å². The van der Waals surface area contributed by atoms with Crippen molar-refractivity contribution in [2.75, 3.05) is 7.05 Å². The lowest BCUT2D eigenvalue weighted by Gasteiger charge is -2.17. The SMILES string of the molecule is CN(Cc1ccc(O)cc1)C(=O)Cc1ccccc1. The predicted molar refractivity (Wildman–Crippen MR) is 74.7 cm³/mol. The fourth-order valence-corrected chi connectivity index (χ4v) is 1.87. The lowest BCUT2D eigenvalue weighted by molar-refractivity contribution is -0.129. The largest absolute Gasteiger partial charge is 0.508 e. The van der Waals surface area contributed by atoms with Crippen molar-refractivity contribution in [3.8, 4) is 5.75 Å². The van der Waals surface area contributed by atoms with Crippen molar-refractivity contribution in [2.24, 2.45) is 0 Å². The molecular weight excluding hydrogens is 238 g/mol. The summed E-state index contributed by atoms with van der Waals surface area (Å²) in [5, 5.41) is 9.21. The summed E-state index contributed by atoms with van der Waals surface area (Å²) < 4.78 is 0. The van der Waals surface area contributed by atoms with Gasteiger partial charge in [-0.15, -0.1) is 0 Å². The van der Waals surface area contributed by atoms with E-state index < -0.39 is 0 Å². The molecule has 0 atom stereocenters. The number of hydrogen-bond donors (Lipinski definition) is 1. The molecular formula is C16H17NO2. The molecule has 0 saturated heterocycles. The average Bonchev–Trinajstić information content (AvgIpc) is 2.42. The number of benzene rings is 2. The number of rotatable bonds is 4. The van der Waals surface area contributed by atoms with E-state index in [1.54, 1.807) is 24.1 Å². The van der Waals surface area contributed by atoms with E-state index in [4.69, 9.17) is 0 Å². The summed E-state index contributed by atoms with van der Waals surface area (Å²) in [6.45, 7) is 0.548. The maximum absolute atomic E-state index is 12.1. The zero-order valence-electron chi connectivity index (χ0n) is 10.9. The van der Waals surface area contributed by atoms with Gasteiger partial charge in [-0.3, -0.25) is 4.79 Å². The second kappa shape index (κ2) is 6.05. The van der Waals surface area contributed by atoms with Crippen molar-refractivity contribution in [1.29, 1.82) is 0 Å². The highest BCUT2D eigenvalue weighted by Gasteiger charge is 2.09. The van der Waals surface area contributed by atoms with Gasteiger partial charge in [0.25, 0.3) is 0 Å². The molecule has 3 nitrogen and oxygen atoms in total. The van der Waals surface area contributed by atoms with E-state index in [0.717, 1.165) is 11.1 Å². The number of phenolic OH excluding ortho intramolecular Hbond substituents is 1. The van der Waals surface area contributed by atoms with Crippen LogP contribution < -0.4 is 0 Å². The normalized spacial score (nSPS) is 10.2. The molecule has 0 heterocycles. The Balaban J connectivity index is 1.94. The average molecular weight is 255 g/mol. The first-order valence-corrected chi connectivity index (χ1v) is 6.21. The number of nitrogens with zero attached hydrogens (tertiary/aromatic N) is 1. The third-order valence-corrected chi connectivity index (χ3v) is 2.98. The minimum absolute atomic E-state index is 0.0827. The first-order valence-electron chi connectivity index (χ1n) is 6.21. The van der Waals surface area contributed by atoms with E-state index in [9.17, 15) is 9.90 Å². The Bertz CT molecular complexity index is 534. The highest BCUT2D eigenvalue weighted by atomic mass is 16.3. The Morgan fingerprint density at radius 2 is 1.63 bits per heavy atom. The molecule has 0 aliphatic rings. The standard InChI is InChI=1S/C16H17NO2/c1-17(12-14-7-9-15(18)10-8-14)16(19)11-13-5-3-2-4-6-13/h2-10,18H,11-12H2,1H3. The fraction of sp³-hybridized carbons (Fsp3) is 0.188. The highest BCUT2D eigenvalue weighted by Crippen LogP contribution is 2.12. The highest BCUT2D eigenvalue weighted by molar-refractivity contribution is 5.78. The van der Waals surface area contributed by atoms with Crippen molar-refractivity contribution in [3.05, 3.63) is 65.7 Å². The second-order valence-corrected chi connectivity index (χ2v) is 4.58. The number of amides is 1. The summed E-state index contributed by atoms with van der Waals surface area (Å²) in [5.74, 6) is 0.321. The van der Waals surface area contributed by atoms with Crippen LogP contribution in [0.5, 0.6) is 5.75 Å². The monoisotopic (exact) mass is 255 g/mol.